The molecular formula is C10H10BrNO2S3. The van der Waals surface area contributed by atoms with Crippen LogP contribution in [0.5, 0.6) is 0 Å². The summed E-state index contributed by atoms with van der Waals surface area (Å²) in [6, 6.07) is 7.30. The topological polar surface area (TPSA) is 46.2 Å². The second kappa shape index (κ2) is 5.62. The van der Waals surface area contributed by atoms with E-state index in [1.807, 2.05) is 17.5 Å². The van der Waals surface area contributed by atoms with Crippen molar-refractivity contribution in [1.29, 1.82) is 0 Å². The van der Waals surface area contributed by atoms with Gasteiger partial charge in [-0.15, -0.1) is 22.7 Å². The van der Waals surface area contributed by atoms with Gasteiger partial charge in [-0.25, -0.2) is 13.1 Å². The summed E-state index contributed by atoms with van der Waals surface area (Å²) in [5, 5.41) is 1.99. The van der Waals surface area contributed by atoms with Crippen LogP contribution in [0.25, 0.3) is 0 Å². The van der Waals surface area contributed by atoms with E-state index >= 15 is 0 Å². The van der Waals surface area contributed by atoms with E-state index in [9.17, 15) is 8.42 Å². The lowest BCUT2D eigenvalue weighted by atomic mass is 10.3. The predicted molar refractivity (Wildman–Crippen MR) is 75.2 cm³/mol. The lowest BCUT2D eigenvalue weighted by Crippen LogP contribution is -2.25. The maximum absolute atomic E-state index is 11.9. The predicted octanol–water partition coefficient (Wildman–Crippen LogP) is 3.09. The lowest BCUT2D eigenvalue weighted by molar-refractivity contribution is 0.584. The number of halogens is 1. The van der Waals surface area contributed by atoms with Gasteiger partial charge in [0.25, 0.3) is 0 Å². The van der Waals surface area contributed by atoms with Crippen LogP contribution < -0.4 is 4.72 Å². The smallest absolute Gasteiger partial charge is 0.210 e. The van der Waals surface area contributed by atoms with Crippen LogP contribution in [0, 0.1) is 0 Å². The largest absolute Gasteiger partial charge is 0.250 e. The van der Waals surface area contributed by atoms with Crippen LogP contribution >= 0.6 is 38.6 Å². The van der Waals surface area contributed by atoms with Gasteiger partial charge in [-0.2, -0.15) is 0 Å². The highest BCUT2D eigenvalue weighted by Gasteiger charge is 2.15. The van der Waals surface area contributed by atoms with Crippen LogP contribution in [-0.2, 0) is 16.4 Å². The average Bonchev–Trinajstić information content (AvgIpc) is 2.89. The minimum atomic E-state index is -3.35. The quantitative estimate of drug-likeness (QED) is 0.899. The summed E-state index contributed by atoms with van der Waals surface area (Å²) in [5.41, 5.74) is 0. The van der Waals surface area contributed by atoms with Crippen molar-refractivity contribution in [3.8, 4) is 0 Å². The normalized spacial score (nSPS) is 11.8. The number of hydrogen-bond acceptors (Lipinski definition) is 4. The summed E-state index contributed by atoms with van der Waals surface area (Å²) in [4.78, 5) is 1.18. The summed E-state index contributed by atoms with van der Waals surface area (Å²) >= 11 is 6.10. The molecule has 2 aromatic rings. The summed E-state index contributed by atoms with van der Waals surface area (Å²) < 4.78 is 27.5. The fourth-order valence-electron chi connectivity index (χ4n) is 1.28. The van der Waals surface area contributed by atoms with E-state index in [-0.39, 0.29) is 0 Å². The van der Waals surface area contributed by atoms with Crippen LogP contribution in [0.1, 0.15) is 4.88 Å². The number of sulfonamides is 1. The molecule has 0 bridgehead atoms. The van der Waals surface area contributed by atoms with Crippen LogP contribution in [0.2, 0.25) is 0 Å². The van der Waals surface area contributed by atoms with Gasteiger partial charge in [0.1, 0.15) is 4.21 Å². The van der Waals surface area contributed by atoms with Crippen LogP contribution in [0.4, 0.5) is 0 Å². The van der Waals surface area contributed by atoms with Gasteiger partial charge in [0.2, 0.25) is 10.0 Å². The molecule has 2 aromatic heterocycles. The summed E-state index contributed by atoms with van der Waals surface area (Å²) in [6.45, 7) is 0.429. The first-order valence-electron chi connectivity index (χ1n) is 4.85. The van der Waals surface area contributed by atoms with Crippen molar-refractivity contribution in [2.45, 2.75) is 10.6 Å². The van der Waals surface area contributed by atoms with E-state index in [1.165, 1.54) is 16.2 Å². The SMILES string of the molecule is O=S(=O)(NCCc1cccs1)c1ccc(Br)s1. The molecule has 2 rings (SSSR count). The number of hydrogen-bond donors (Lipinski definition) is 1. The molecular weight excluding hydrogens is 342 g/mol. The Kier molecular flexibility index (Phi) is 4.37. The molecule has 17 heavy (non-hydrogen) atoms. The standard InChI is InChI=1S/C10H10BrNO2S3/c11-9-3-4-10(16-9)17(13,14)12-6-5-8-2-1-7-15-8/h1-4,7,12H,5-6H2. The Morgan fingerprint density at radius 3 is 2.71 bits per heavy atom. The number of thiophene rings is 2. The monoisotopic (exact) mass is 351 g/mol. The fraction of sp³-hybridized carbons (Fsp3) is 0.200. The molecule has 0 unspecified atom stereocenters. The van der Waals surface area contributed by atoms with Crippen LogP contribution in [0.15, 0.2) is 37.6 Å². The molecule has 0 atom stereocenters. The molecule has 0 aliphatic heterocycles. The van der Waals surface area contributed by atoms with Crippen LogP contribution in [0.3, 0.4) is 0 Å². The highest BCUT2D eigenvalue weighted by atomic mass is 79.9. The van der Waals surface area contributed by atoms with E-state index in [0.29, 0.717) is 10.8 Å². The molecule has 0 radical (unpaired) electrons. The molecule has 0 aliphatic rings. The first kappa shape index (κ1) is 13.2. The first-order chi connectivity index (χ1) is 8.08. The molecule has 2 heterocycles. The highest BCUT2D eigenvalue weighted by molar-refractivity contribution is 9.11. The first-order valence-corrected chi connectivity index (χ1v) is 8.82. The Morgan fingerprint density at radius 2 is 2.12 bits per heavy atom. The van der Waals surface area contributed by atoms with Gasteiger partial charge in [-0.05, 0) is 45.9 Å². The molecule has 1 N–H and O–H groups in total. The molecule has 0 saturated heterocycles. The van der Waals surface area contributed by atoms with E-state index < -0.39 is 10.0 Å². The Labute approximate surface area is 117 Å². The van der Waals surface area contributed by atoms with E-state index in [1.54, 1.807) is 23.5 Å². The molecule has 0 saturated carbocycles. The van der Waals surface area contributed by atoms with Gasteiger partial charge in [0, 0.05) is 11.4 Å². The second-order valence-electron chi connectivity index (χ2n) is 3.29. The molecule has 3 nitrogen and oxygen atoms in total. The van der Waals surface area contributed by atoms with Gasteiger partial charge in [-0.1, -0.05) is 6.07 Å². The zero-order valence-electron chi connectivity index (χ0n) is 8.72. The Hall–Kier alpha value is -0.210. The third-order valence-electron chi connectivity index (χ3n) is 2.06. The molecule has 7 heteroatoms. The van der Waals surface area contributed by atoms with Gasteiger partial charge >= 0.3 is 0 Å². The van der Waals surface area contributed by atoms with Crippen molar-refractivity contribution >= 4 is 48.6 Å². The highest BCUT2D eigenvalue weighted by Crippen LogP contribution is 2.25. The van der Waals surface area contributed by atoms with Crippen molar-refractivity contribution < 1.29 is 8.42 Å². The van der Waals surface area contributed by atoms with Crippen molar-refractivity contribution in [2.24, 2.45) is 0 Å². The number of nitrogens with one attached hydrogen (secondary N) is 1. The third kappa shape index (κ3) is 3.62. The summed E-state index contributed by atoms with van der Waals surface area (Å²) in [7, 11) is -3.35. The lowest BCUT2D eigenvalue weighted by Gasteiger charge is -2.03. The van der Waals surface area contributed by atoms with Gasteiger partial charge in [0.05, 0.1) is 3.79 Å². The number of rotatable bonds is 5. The second-order valence-corrected chi connectivity index (χ2v) is 8.77. The minimum Gasteiger partial charge on any atom is -0.210 e. The van der Waals surface area contributed by atoms with Gasteiger partial charge < -0.3 is 0 Å². The minimum absolute atomic E-state index is 0.343. The molecule has 0 spiro atoms. The maximum atomic E-state index is 11.9. The molecule has 0 aliphatic carbocycles. The summed E-state index contributed by atoms with van der Waals surface area (Å²) in [5.74, 6) is 0. The Morgan fingerprint density at radius 1 is 1.29 bits per heavy atom. The van der Waals surface area contributed by atoms with E-state index in [2.05, 4.69) is 20.7 Å². The summed E-state index contributed by atoms with van der Waals surface area (Å²) in [6.07, 6.45) is 0.726. The molecule has 0 amide bonds. The third-order valence-corrected chi connectivity index (χ3v) is 6.57. The van der Waals surface area contributed by atoms with Gasteiger partial charge in [0.15, 0.2) is 0 Å². The van der Waals surface area contributed by atoms with Crippen molar-refractivity contribution in [1.82, 2.24) is 4.72 Å². The van der Waals surface area contributed by atoms with Crippen molar-refractivity contribution in [3.63, 3.8) is 0 Å². The molecule has 0 aromatic carbocycles. The molecule has 92 valence electrons. The maximum Gasteiger partial charge on any atom is 0.250 e. The Bertz CT molecular complexity index is 574. The average molecular weight is 352 g/mol. The van der Waals surface area contributed by atoms with Crippen LogP contribution in [-0.4, -0.2) is 15.0 Å². The Balaban J connectivity index is 1.94. The van der Waals surface area contributed by atoms with Crippen molar-refractivity contribution in [2.75, 3.05) is 6.54 Å². The van der Waals surface area contributed by atoms with Gasteiger partial charge in [-0.3, -0.25) is 0 Å². The zero-order chi connectivity index (χ0) is 12.3. The van der Waals surface area contributed by atoms with E-state index in [0.717, 1.165) is 10.2 Å². The fourth-order valence-corrected chi connectivity index (χ4v) is 5.07. The van der Waals surface area contributed by atoms with E-state index in [4.69, 9.17) is 0 Å². The van der Waals surface area contributed by atoms with Crippen molar-refractivity contribution in [3.05, 3.63) is 38.3 Å². The molecule has 0 fully saturated rings. The zero-order valence-corrected chi connectivity index (χ0v) is 12.8.